The van der Waals surface area contributed by atoms with E-state index in [4.69, 9.17) is 0 Å². The Morgan fingerprint density at radius 1 is 1.25 bits per heavy atom. The van der Waals surface area contributed by atoms with Gasteiger partial charge in [0.2, 0.25) is 5.91 Å². The predicted molar refractivity (Wildman–Crippen MR) is 82.5 cm³/mol. The molecule has 0 aromatic heterocycles. The maximum absolute atomic E-state index is 12.1. The van der Waals surface area contributed by atoms with E-state index >= 15 is 0 Å². The Bertz CT molecular complexity index is 412. The summed E-state index contributed by atoms with van der Waals surface area (Å²) in [6.45, 7) is 2.54. The lowest BCUT2D eigenvalue weighted by atomic mass is 9.94. The Morgan fingerprint density at radius 2 is 1.90 bits per heavy atom. The van der Waals surface area contributed by atoms with Gasteiger partial charge in [0, 0.05) is 6.04 Å². The molecule has 0 radical (unpaired) electrons. The largest absolute Gasteiger partial charge is 0.348 e. The van der Waals surface area contributed by atoms with Crippen LogP contribution >= 0.6 is 0 Å². The van der Waals surface area contributed by atoms with Gasteiger partial charge in [-0.05, 0) is 32.4 Å². The molecule has 1 amide bonds. The molecule has 0 heterocycles. The van der Waals surface area contributed by atoms with E-state index in [1.165, 1.54) is 32.1 Å². The molecular formula is C17H26N2O. The summed E-state index contributed by atoms with van der Waals surface area (Å²) < 4.78 is 0. The van der Waals surface area contributed by atoms with Gasteiger partial charge in [0.25, 0.3) is 0 Å². The molecule has 1 fully saturated rings. The minimum atomic E-state index is 0.0726. The molecule has 0 bridgehead atoms. The highest BCUT2D eigenvalue weighted by Crippen LogP contribution is 2.21. The first-order chi connectivity index (χ1) is 9.66. The molecule has 110 valence electrons. The van der Waals surface area contributed by atoms with Crippen LogP contribution < -0.4 is 5.32 Å². The van der Waals surface area contributed by atoms with Crippen LogP contribution in [0, 0.1) is 0 Å². The van der Waals surface area contributed by atoms with E-state index in [9.17, 15) is 4.79 Å². The number of rotatable bonds is 5. The average Bonchev–Trinajstić information content (AvgIpc) is 2.49. The number of amides is 1. The number of carbonyl (C=O) groups is 1. The smallest absolute Gasteiger partial charge is 0.234 e. The van der Waals surface area contributed by atoms with Crippen LogP contribution in [0.15, 0.2) is 30.3 Å². The van der Waals surface area contributed by atoms with Crippen LogP contribution in [0.4, 0.5) is 0 Å². The molecule has 0 aliphatic heterocycles. The van der Waals surface area contributed by atoms with Crippen LogP contribution in [0.25, 0.3) is 0 Å². The predicted octanol–water partition coefficient (Wildman–Crippen LogP) is 3.13. The third-order valence-corrected chi connectivity index (χ3v) is 4.27. The molecule has 3 nitrogen and oxygen atoms in total. The number of benzene rings is 1. The molecule has 2 rings (SSSR count). The van der Waals surface area contributed by atoms with Gasteiger partial charge in [-0.1, -0.05) is 49.6 Å². The Morgan fingerprint density at radius 3 is 2.55 bits per heavy atom. The van der Waals surface area contributed by atoms with E-state index in [1.54, 1.807) is 0 Å². The van der Waals surface area contributed by atoms with Gasteiger partial charge in [0.15, 0.2) is 0 Å². The lowest BCUT2D eigenvalue weighted by molar-refractivity contribution is -0.123. The van der Waals surface area contributed by atoms with Gasteiger partial charge in [-0.25, -0.2) is 0 Å². The maximum atomic E-state index is 12.1. The zero-order valence-corrected chi connectivity index (χ0v) is 12.6. The van der Waals surface area contributed by atoms with Crippen molar-refractivity contribution in [2.24, 2.45) is 0 Å². The highest BCUT2D eigenvalue weighted by Gasteiger charge is 2.20. The second-order valence-electron chi connectivity index (χ2n) is 5.91. The van der Waals surface area contributed by atoms with Crippen molar-refractivity contribution in [3.8, 4) is 0 Å². The number of nitrogens with one attached hydrogen (secondary N) is 1. The summed E-state index contributed by atoms with van der Waals surface area (Å²) in [4.78, 5) is 14.3. The van der Waals surface area contributed by atoms with Gasteiger partial charge < -0.3 is 5.32 Å². The molecule has 1 aromatic rings. The fourth-order valence-electron chi connectivity index (χ4n) is 2.99. The molecule has 1 N–H and O–H groups in total. The minimum Gasteiger partial charge on any atom is -0.348 e. The summed E-state index contributed by atoms with van der Waals surface area (Å²) >= 11 is 0. The van der Waals surface area contributed by atoms with Crippen molar-refractivity contribution >= 4 is 5.91 Å². The van der Waals surface area contributed by atoms with Gasteiger partial charge in [0.1, 0.15) is 0 Å². The highest BCUT2D eigenvalue weighted by atomic mass is 16.2. The summed E-state index contributed by atoms with van der Waals surface area (Å²) in [6.07, 6.45) is 6.42. The molecule has 1 saturated carbocycles. The van der Waals surface area contributed by atoms with Crippen LogP contribution in [-0.2, 0) is 4.79 Å². The Kier molecular flexibility index (Phi) is 5.60. The van der Waals surface area contributed by atoms with E-state index in [1.807, 2.05) is 25.1 Å². The van der Waals surface area contributed by atoms with E-state index < -0.39 is 0 Å². The van der Waals surface area contributed by atoms with Gasteiger partial charge >= 0.3 is 0 Å². The standard InChI is InChI=1S/C17H26N2O/c1-14(15-9-5-3-6-10-15)18-17(20)13-19(2)16-11-7-4-8-12-16/h3,5-6,9-10,14,16H,4,7-8,11-13H2,1-2H3,(H,18,20). The highest BCUT2D eigenvalue weighted by molar-refractivity contribution is 5.78. The normalized spacial score (nSPS) is 17.9. The molecule has 1 aromatic carbocycles. The molecule has 1 atom stereocenters. The average molecular weight is 274 g/mol. The van der Waals surface area contributed by atoms with Crippen molar-refractivity contribution in [3.63, 3.8) is 0 Å². The molecule has 0 saturated heterocycles. The minimum absolute atomic E-state index is 0.0726. The van der Waals surface area contributed by atoms with Crippen molar-refractivity contribution in [3.05, 3.63) is 35.9 Å². The molecule has 1 aliphatic carbocycles. The van der Waals surface area contributed by atoms with Gasteiger partial charge in [-0.15, -0.1) is 0 Å². The summed E-state index contributed by atoms with van der Waals surface area (Å²) in [6, 6.07) is 10.8. The maximum Gasteiger partial charge on any atom is 0.234 e. The van der Waals surface area contributed by atoms with E-state index in [-0.39, 0.29) is 11.9 Å². The van der Waals surface area contributed by atoms with Crippen molar-refractivity contribution in [2.45, 2.75) is 51.1 Å². The summed E-state index contributed by atoms with van der Waals surface area (Å²) in [5, 5.41) is 3.09. The van der Waals surface area contributed by atoms with Crippen LogP contribution in [0.5, 0.6) is 0 Å². The lowest BCUT2D eigenvalue weighted by Gasteiger charge is -2.31. The van der Waals surface area contributed by atoms with E-state index in [2.05, 4.69) is 29.4 Å². The summed E-state index contributed by atoms with van der Waals surface area (Å²) in [5.41, 5.74) is 1.15. The number of nitrogens with zero attached hydrogens (tertiary/aromatic N) is 1. The van der Waals surface area contributed by atoms with E-state index in [0.29, 0.717) is 12.6 Å². The lowest BCUT2D eigenvalue weighted by Crippen LogP contribution is -2.42. The second-order valence-corrected chi connectivity index (χ2v) is 5.91. The molecule has 1 aliphatic rings. The third-order valence-electron chi connectivity index (χ3n) is 4.27. The molecule has 20 heavy (non-hydrogen) atoms. The molecule has 1 unspecified atom stereocenters. The van der Waals surface area contributed by atoms with Crippen LogP contribution in [-0.4, -0.2) is 30.4 Å². The van der Waals surface area contributed by atoms with Gasteiger partial charge in [-0.3, -0.25) is 9.69 Å². The SMILES string of the molecule is CC(NC(=O)CN(C)C1CCCCC1)c1ccccc1. The number of hydrogen-bond acceptors (Lipinski definition) is 2. The third kappa shape index (κ3) is 4.34. The first-order valence-electron chi connectivity index (χ1n) is 7.71. The van der Waals surface area contributed by atoms with Crippen molar-refractivity contribution in [1.29, 1.82) is 0 Å². The molecular weight excluding hydrogens is 248 g/mol. The first-order valence-corrected chi connectivity index (χ1v) is 7.71. The Balaban J connectivity index is 1.79. The van der Waals surface area contributed by atoms with Gasteiger partial charge in [0.05, 0.1) is 12.6 Å². The number of carbonyl (C=O) groups excluding carboxylic acids is 1. The summed E-state index contributed by atoms with van der Waals surface area (Å²) in [7, 11) is 2.07. The number of likely N-dealkylation sites (N-methyl/N-ethyl adjacent to an activating group) is 1. The fourth-order valence-corrected chi connectivity index (χ4v) is 2.99. The summed E-state index contributed by atoms with van der Waals surface area (Å²) in [5.74, 6) is 0.120. The van der Waals surface area contributed by atoms with Crippen molar-refractivity contribution < 1.29 is 4.79 Å². The fraction of sp³-hybridized carbons (Fsp3) is 0.588. The Labute approximate surface area is 122 Å². The van der Waals surface area contributed by atoms with Crippen molar-refractivity contribution in [2.75, 3.05) is 13.6 Å². The zero-order valence-electron chi connectivity index (χ0n) is 12.6. The van der Waals surface area contributed by atoms with E-state index in [0.717, 1.165) is 5.56 Å². The van der Waals surface area contributed by atoms with Crippen LogP contribution in [0.3, 0.4) is 0 Å². The van der Waals surface area contributed by atoms with Crippen molar-refractivity contribution in [1.82, 2.24) is 10.2 Å². The zero-order chi connectivity index (χ0) is 14.4. The Hall–Kier alpha value is -1.35. The van der Waals surface area contributed by atoms with Gasteiger partial charge in [-0.2, -0.15) is 0 Å². The number of hydrogen-bond donors (Lipinski definition) is 1. The van der Waals surface area contributed by atoms with Crippen LogP contribution in [0.2, 0.25) is 0 Å². The topological polar surface area (TPSA) is 32.3 Å². The van der Waals surface area contributed by atoms with Crippen LogP contribution in [0.1, 0.15) is 50.6 Å². The monoisotopic (exact) mass is 274 g/mol. The quantitative estimate of drug-likeness (QED) is 0.894. The second kappa shape index (κ2) is 7.44. The first kappa shape index (κ1) is 15.0. The molecule has 0 spiro atoms. The molecule has 3 heteroatoms.